The van der Waals surface area contributed by atoms with Gasteiger partial charge in [0.05, 0.1) is 6.04 Å². The Morgan fingerprint density at radius 3 is 2.50 bits per heavy atom. The van der Waals surface area contributed by atoms with Crippen LogP contribution in [-0.4, -0.2) is 24.0 Å². The van der Waals surface area contributed by atoms with Crippen LogP contribution in [-0.2, 0) is 0 Å². The molecule has 1 unspecified atom stereocenters. The van der Waals surface area contributed by atoms with Crippen LogP contribution in [0.2, 0.25) is 5.02 Å². The van der Waals surface area contributed by atoms with E-state index in [0.717, 1.165) is 6.42 Å². The van der Waals surface area contributed by atoms with Gasteiger partial charge < -0.3 is 5.73 Å². The topological polar surface area (TPSA) is 29.3 Å². The van der Waals surface area contributed by atoms with Crippen molar-refractivity contribution < 1.29 is 4.39 Å². The normalized spacial score (nSPS) is 14.0. The van der Waals surface area contributed by atoms with Gasteiger partial charge in [0.2, 0.25) is 0 Å². The Kier molecular flexibility index (Phi) is 5.14. The molecule has 0 saturated heterocycles. The summed E-state index contributed by atoms with van der Waals surface area (Å²) in [5, 5.41) is 0.434. The van der Waals surface area contributed by atoms with Gasteiger partial charge in [0.15, 0.2) is 0 Å². The number of nitrogens with zero attached hydrogens (tertiary/aromatic N) is 1. The van der Waals surface area contributed by atoms with Crippen molar-refractivity contribution in [2.75, 3.05) is 13.6 Å². The molecule has 0 spiro atoms. The van der Waals surface area contributed by atoms with Crippen LogP contribution in [0.3, 0.4) is 0 Å². The second-order valence-corrected chi connectivity index (χ2v) is 5.57. The lowest BCUT2D eigenvalue weighted by atomic mass is 9.94. The van der Waals surface area contributed by atoms with Gasteiger partial charge in [-0.1, -0.05) is 24.6 Å². The van der Waals surface area contributed by atoms with Crippen LogP contribution >= 0.6 is 11.6 Å². The Labute approximate surface area is 114 Å². The molecule has 1 rings (SSSR count). The number of likely N-dealkylation sites (N-methyl/N-ethyl adjacent to an activating group) is 1. The van der Waals surface area contributed by atoms with Crippen LogP contribution < -0.4 is 5.73 Å². The first-order chi connectivity index (χ1) is 8.35. The molecule has 0 heterocycles. The molecule has 0 saturated carbocycles. The van der Waals surface area contributed by atoms with E-state index >= 15 is 0 Å². The summed E-state index contributed by atoms with van der Waals surface area (Å²) in [4.78, 5) is 2.09. The highest BCUT2D eigenvalue weighted by molar-refractivity contribution is 6.31. The van der Waals surface area contributed by atoms with Gasteiger partial charge in [-0.3, -0.25) is 4.90 Å². The third kappa shape index (κ3) is 3.02. The molecule has 18 heavy (non-hydrogen) atoms. The fraction of sp³-hybridized carbons (Fsp3) is 0.571. The molecule has 1 aromatic rings. The first kappa shape index (κ1) is 15.4. The lowest BCUT2D eigenvalue weighted by molar-refractivity contribution is 0.0986. The highest BCUT2D eigenvalue weighted by Gasteiger charge is 2.30. The quantitative estimate of drug-likeness (QED) is 0.887. The molecule has 0 fully saturated rings. The van der Waals surface area contributed by atoms with Crippen molar-refractivity contribution in [3.63, 3.8) is 0 Å². The second kappa shape index (κ2) is 6.00. The van der Waals surface area contributed by atoms with E-state index in [0.29, 0.717) is 17.1 Å². The van der Waals surface area contributed by atoms with Crippen LogP contribution in [0.25, 0.3) is 0 Å². The summed E-state index contributed by atoms with van der Waals surface area (Å²) in [6.07, 6.45) is 0.950. The Hall–Kier alpha value is -0.640. The SMILES string of the molecule is CCC(C)(C)N(C)C(CN)c1c(F)cccc1Cl. The summed E-state index contributed by atoms with van der Waals surface area (Å²) in [7, 11) is 1.96. The maximum Gasteiger partial charge on any atom is 0.129 e. The van der Waals surface area contributed by atoms with Gasteiger partial charge in [-0.05, 0) is 39.4 Å². The Morgan fingerprint density at radius 2 is 2.06 bits per heavy atom. The molecule has 0 bridgehead atoms. The predicted molar refractivity (Wildman–Crippen MR) is 75.3 cm³/mol. The van der Waals surface area contributed by atoms with Crippen molar-refractivity contribution in [2.24, 2.45) is 5.73 Å². The first-order valence-corrected chi connectivity index (χ1v) is 6.59. The fourth-order valence-corrected chi connectivity index (χ4v) is 2.26. The van der Waals surface area contributed by atoms with E-state index in [4.69, 9.17) is 17.3 Å². The minimum atomic E-state index is -0.295. The van der Waals surface area contributed by atoms with Crippen LogP contribution in [0.1, 0.15) is 38.8 Å². The van der Waals surface area contributed by atoms with Crippen LogP contribution in [0.15, 0.2) is 18.2 Å². The number of nitrogens with two attached hydrogens (primary N) is 1. The lowest BCUT2D eigenvalue weighted by Crippen LogP contribution is -2.45. The monoisotopic (exact) mass is 272 g/mol. The van der Waals surface area contributed by atoms with Crippen molar-refractivity contribution in [1.29, 1.82) is 0 Å². The summed E-state index contributed by atoms with van der Waals surface area (Å²) < 4.78 is 14.0. The van der Waals surface area contributed by atoms with E-state index in [1.807, 2.05) is 7.05 Å². The average molecular weight is 273 g/mol. The zero-order valence-electron chi connectivity index (χ0n) is 11.5. The van der Waals surface area contributed by atoms with Crippen LogP contribution in [0.4, 0.5) is 4.39 Å². The van der Waals surface area contributed by atoms with Gasteiger partial charge in [-0.2, -0.15) is 0 Å². The van der Waals surface area contributed by atoms with Crippen molar-refractivity contribution >= 4 is 11.6 Å². The van der Waals surface area contributed by atoms with Crippen molar-refractivity contribution in [2.45, 2.75) is 38.8 Å². The fourth-order valence-electron chi connectivity index (χ4n) is 1.97. The molecule has 1 aromatic carbocycles. The Bertz CT molecular complexity index is 387. The summed E-state index contributed by atoms with van der Waals surface area (Å²) in [5.74, 6) is -0.295. The smallest absolute Gasteiger partial charge is 0.129 e. The van der Waals surface area contributed by atoms with E-state index < -0.39 is 0 Å². The van der Waals surface area contributed by atoms with Gasteiger partial charge >= 0.3 is 0 Å². The van der Waals surface area contributed by atoms with Crippen LogP contribution in [0, 0.1) is 5.82 Å². The van der Waals surface area contributed by atoms with Gasteiger partial charge in [-0.25, -0.2) is 4.39 Å². The van der Waals surface area contributed by atoms with Gasteiger partial charge in [0.25, 0.3) is 0 Å². The maximum absolute atomic E-state index is 14.0. The van der Waals surface area contributed by atoms with Gasteiger partial charge in [0.1, 0.15) is 5.82 Å². The molecule has 0 amide bonds. The highest BCUT2D eigenvalue weighted by atomic mass is 35.5. The van der Waals surface area contributed by atoms with Gasteiger partial charge in [-0.15, -0.1) is 0 Å². The Balaban J connectivity index is 3.18. The third-order valence-electron chi connectivity index (χ3n) is 3.84. The molecule has 0 aliphatic heterocycles. The van der Waals surface area contributed by atoms with E-state index in [1.54, 1.807) is 12.1 Å². The molecule has 2 nitrogen and oxygen atoms in total. The second-order valence-electron chi connectivity index (χ2n) is 5.16. The molecule has 0 aromatic heterocycles. The minimum absolute atomic E-state index is 0.0599. The molecular formula is C14H22ClFN2. The number of hydrogen-bond acceptors (Lipinski definition) is 2. The highest BCUT2D eigenvalue weighted by Crippen LogP contribution is 2.33. The van der Waals surface area contributed by atoms with E-state index in [9.17, 15) is 4.39 Å². The molecule has 102 valence electrons. The predicted octanol–water partition coefficient (Wildman–Crippen LogP) is 3.60. The maximum atomic E-state index is 14.0. The van der Waals surface area contributed by atoms with E-state index in [-0.39, 0.29) is 17.4 Å². The minimum Gasteiger partial charge on any atom is -0.329 e. The zero-order chi connectivity index (χ0) is 13.9. The number of benzene rings is 1. The molecule has 1 atom stereocenters. The average Bonchev–Trinajstić information content (AvgIpc) is 2.33. The molecule has 0 aliphatic carbocycles. The summed E-state index contributed by atoms with van der Waals surface area (Å²) in [6, 6.07) is 4.53. The number of hydrogen-bond donors (Lipinski definition) is 1. The molecule has 4 heteroatoms. The largest absolute Gasteiger partial charge is 0.329 e. The van der Waals surface area contributed by atoms with Gasteiger partial charge in [0, 0.05) is 22.7 Å². The first-order valence-electron chi connectivity index (χ1n) is 6.22. The van der Waals surface area contributed by atoms with Crippen molar-refractivity contribution in [3.05, 3.63) is 34.6 Å². The van der Waals surface area contributed by atoms with Crippen molar-refractivity contribution in [1.82, 2.24) is 4.90 Å². The number of halogens is 2. The standard InChI is InChI=1S/C14H22ClFN2/c1-5-14(2,3)18(4)12(9-17)13-10(15)7-6-8-11(13)16/h6-8,12H,5,9,17H2,1-4H3. The van der Waals surface area contributed by atoms with E-state index in [1.165, 1.54) is 6.07 Å². The zero-order valence-corrected chi connectivity index (χ0v) is 12.3. The molecule has 0 radical (unpaired) electrons. The third-order valence-corrected chi connectivity index (χ3v) is 4.17. The molecule has 0 aliphatic rings. The summed E-state index contributed by atoms with van der Waals surface area (Å²) in [6.45, 7) is 6.67. The lowest BCUT2D eigenvalue weighted by Gasteiger charge is -2.40. The van der Waals surface area contributed by atoms with Crippen LogP contribution in [0.5, 0.6) is 0 Å². The number of rotatable bonds is 5. The molecule has 2 N–H and O–H groups in total. The molecular weight excluding hydrogens is 251 g/mol. The Morgan fingerprint density at radius 1 is 1.44 bits per heavy atom. The summed E-state index contributed by atoms with van der Waals surface area (Å²) >= 11 is 6.12. The summed E-state index contributed by atoms with van der Waals surface area (Å²) in [5.41, 5.74) is 6.26. The van der Waals surface area contributed by atoms with Crippen molar-refractivity contribution in [3.8, 4) is 0 Å². The van der Waals surface area contributed by atoms with E-state index in [2.05, 4.69) is 25.7 Å².